The smallest absolute Gasteiger partial charge is 0.260 e. The Bertz CT molecular complexity index is 1290. The summed E-state index contributed by atoms with van der Waals surface area (Å²) in [6.45, 7) is 0. The number of hydrogen-bond donors (Lipinski definition) is 2. The molecule has 0 saturated carbocycles. The predicted molar refractivity (Wildman–Crippen MR) is 118 cm³/mol. The Kier molecular flexibility index (Phi) is 4.64. The molecule has 146 valence electrons. The van der Waals surface area contributed by atoms with E-state index in [1.807, 2.05) is 36.4 Å². The second kappa shape index (κ2) is 7.32. The highest BCUT2D eigenvalue weighted by atomic mass is 35.5. The van der Waals surface area contributed by atoms with Gasteiger partial charge in [0.15, 0.2) is 0 Å². The van der Waals surface area contributed by atoms with Crippen LogP contribution in [0.15, 0.2) is 47.3 Å². The van der Waals surface area contributed by atoms with Gasteiger partial charge >= 0.3 is 0 Å². The number of aryl methyl sites for hydroxylation is 2. The van der Waals surface area contributed by atoms with Crippen LogP contribution < -0.4 is 5.56 Å². The molecule has 1 aliphatic rings. The van der Waals surface area contributed by atoms with Gasteiger partial charge in [0.1, 0.15) is 16.4 Å². The molecule has 2 aromatic carbocycles. The Balaban J connectivity index is 1.59. The van der Waals surface area contributed by atoms with Crippen LogP contribution in [0.5, 0.6) is 5.75 Å². The maximum atomic E-state index is 12.8. The van der Waals surface area contributed by atoms with Crippen molar-refractivity contribution in [2.45, 2.75) is 32.1 Å². The van der Waals surface area contributed by atoms with Gasteiger partial charge in [0.25, 0.3) is 5.56 Å². The summed E-state index contributed by atoms with van der Waals surface area (Å²) in [4.78, 5) is 22.5. The molecular weight excluding hydrogens is 404 g/mol. The predicted octanol–water partition coefficient (Wildman–Crippen LogP) is 5.48. The Morgan fingerprint density at radius 2 is 1.97 bits per heavy atom. The van der Waals surface area contributed by atoms with Crippen molar-refractivity contribution in [3.05, 3.63) is 79.4 Å². The van der Waals surface area contributed by atoms with Crippen molar-refractivity contribution in [2.75, 3.05) is 0 Å². The van der Waals surface area contributed by atoms with Gasteiger partial charge < -0.3 is 10.1 Å². The fraction of sp³-hybridized carbons (Fsp3) is 0.217. The van der Waals surface area contributed by atoms with Gasteiger partial charge in [-0.05, 0) is 67.0 Å². The molecule has 0 atom stereocenters. The number of H-pyrrole nitrogens is 1. The molecule has 6 heteroatoms. The standard InChI is InChI=1S/C23H19ClN2O2S/c24-17-7-3-1-5-14(17)11-13-9-10-18(27)16(12-13)21-25-22(28)20-15-6-2-4-8-19(15)29-23(20)26-21/h1,3,5,7,9-10,12,27H,2,4,6,8,11H2,(H,25,26,28). The van der Waals surface area contributed by atoms with Gasteiger partial charge in [-0.1, -0.05) is 35.9 Å². The van der Waals surface area contributed by atoms with Gasteiger partial charge in [-0.3, -0.25) is 4.79 Å². The molecule has 1 aliphatic carbocycles. The summed E-state index contributed by atoms with van der Waals surface area (Å²) in [5.41, 5.74) is 3.56. The highest BCUT2D eigenvalue weighted by molar-refractivity contribution is 7.18. The molecule has 0 aliphatic heterocycles. The van der Waals surface area contributed by atoms with E-state index in [1.54, 1.807) is 17.4 Å². The van der Waals surface area contributed by atoms with Crippen molar-refractivity contribution in [2.24, 2.45) is 0 Å². The maximum absolute atomic E-state index is 12.8. The number of rotatable bonds is 3. The molecule has 2 heterocycles. The first-order chi connectivity index (χ1) is 14.1. The molecule has 0 saturated heterocycles. The maximum Gasteiger partial charge on any atom is 0.260 e. The SMILES string of the molecule is O=c1[nH]c(-c2cc(Cc3ccccc3Cl)ccc2O)nc2sc3c(c12)CCCC3. The van der Waals surface area contributed by atoms with Crippen molar-refractivity contribution in [1.82, 2.24) is 9.97 Å². The number of aromatic amines is 1. The van der Waals surface area contributed by atoms with E-state index < -0.39 is 0 Å². The lowest BCUT2D eigenvalue weighted by atomic mass is 9.97. The first-order valence-electron chi connectivity index (χ1n) is 9.70. The quantitative estimate of drug-likeness (QED) is 0.459. The molecule has 2 aromatic heterocycles. The van der Waals surface area contributed by atoms with Gasteiger partial charge in [0.2, 0.25) is 0 Å². The number of thiophene rings is 1. The first kappa shape index (κ1) is 18.4. The van der Waals surface area contributed by atoms with E-state index in [9.17, 15) is 9.90 Å². The van der Waals surface area contributed by atoms with Crippen molar-refractivity contribution in [3.8, 4) is 17.1 Å². The fourth-order valence-electron chi connectivity index (χ4n) is 4.04. The molecule has 5 rings (SSSR count). The van der Waals surface area contributed by atoms with E-state index >= 15 is 0 Å². The third-order valence-corrected chi connectivity index (χ3v) is 7.05. The van der Waals surface area contributed by atoms with Crippen molar-refractivity contribution < 1.29 is 5.11 Å². The third kappa shape index (κ3) is 3.34. The van der Waals surface area contributed by atoms with Crippen LogP contribution in [-0.2, 0) is 19.3 Å². The minimum absolute atomic E-state index is 0.0942. The third-order valence-electron chi connectivity index (χ3n) is 5.49. The van der Waals surface area contributed by atoms with E-state index in [0.29, 0.717) is 22.8 Å². The second-order valence-electron chi connectivity index (χ2n) is 7.43. The van der Waals surface area contributed by atoms with E-state index in [0.717, 1.165) is 52.6 Å². The summed E-state index contributed by atoms with van der Waals surface area (Å²) < 4.78 is 0. The topological polar surface area (TPSA) is 66.0 Å². The van der Waals surface area contributed by atoms with Crippen LogP contribution in [0.1, 0.15) is 34.4 Å². The van der Waals surface area contributed by atoms with Gasteiger partial charge in [0.05, 0.1) is 10.9 Å². The summed E-state index contributed by atoms with van der Waals surface area (Å²) in [6, 6.07) is 13.1. The summed E-state index contributed by atoms with van der Waals surface area (Å²) >= 11 is 7.90. The van der Waals surface area contributed by atoms with Crippen LogP contribution in [0.4, 0.5) is 0 Å². The largest absolute Gasteiger partial charge is 0.507 e. The molecule has 4 aromatic rings. The number of hydrogen-bond acceptors (Lipinski definition) is 4. The highest BCUT2D eigenvalue weighted by Crippen LogP contribution is 2.35. The minimum Gasteiger partial charge on any atom is -0.507 e. The monoisotopic (exact) mass is 422 g/mol. The van der Waals surface area contributed by atoms with Crippen LogP contribution in [-0.4, -0.2) is 15.1 Å². The second-order valence-corrected chi connectivity index (χ2v) is 8.92. The number of phenols is 1. The summed E-state index contributed by atoms with van der Waals surface area (Å²) in [5.74, 6) is 0.497. The number of fused-ring (bicyclic) bond motifs is 3. The molecule has 0 fully saturated rings. The number of nitrogens with one attached hydrogen (secondary N) is 1. The number of benzene rings is 2. The molecule has 0 bridgehead atoms. The average Bonchev–Trinajstić information content (AvgIpc) is 3.10. The van der Waals surface area contributed by atoms with E-state index in [1.165, 1.54) is 4.88 Å². The van der Waals surface area contributed by atoms with Gasteiger partial charge in [-0.25, -0.2) is 4.98 Å². The number of aromatic hydroxyl groups is 1. The zero-order chi connectivity index (χ0) is 20.0. The molecule has 0 radical (unpaired) electrons. The number of nitrogens with zero attached hydrogens (tertiary/aromatic N) is 1. The zero-order valence-corrected chi connectivity index (χ0v) is 17.2. The molecular formula is C23H19ClN2O2S. The molecule has 4 nitrogen and oxygen atoms in total. The zero-order valence-electron chi connectivity index (χ0n) is 15.7. The van der Waals surface area contributed by atoms with Crippen LogP contribution in [0, 0.1) is 0 Å². The van der Waals surface area contributed by atoms with Crippen molar-refractivity contribution in [1.29, 1.82) is 0 Å². The average molecular weight is 423 g/mol. The van der Waals surface area contributed by atoms with Crippen LogP contribution in [0.2, 0.25) is 5.02 Å². The Morgan fingerprint density at radius 1 is 1.14 bits per heavy atom. The Morgan fingerprint density at radius 3 is 2.83 bits per heavy atom. The summed E-state index contributed by atoms with van der Waals surface area (Å²) in [7, 11) is 0. The Labute approximate surface area is 176 Å². The van der Waals surface area contributed by atoms with Gasteiger partial charge in [0, 0.05) is 9.90 Å². The number of phenolic OH excluding ortho intramolecular Hbond substituents is 1. The van der Waals surface area contributed by atoms with Crippen molar-refractivity contribution >= 4 is 33.2 Å². The number of aromatic nitrogens is 2. The van der Waals surface area contributed by atoms with Crippen molar-refractivity contribution in [3.63, 3.8) is 0 Å². The number of halogens is 1. The molecule has 0 unspecified atom stereocenters. The fourth-order valence-corrected chi connectivity index (χ4v) is 5.50. The first-order valence-corrected chi connectivity index (χ1v) is 10.9. The van der Waals surface area contributed by atoms with Gasteiger partial charge in [-0.2, -0.15) is 0 Å². The lowest BCUT2D eigenvalue weighted by molar-refractivity contribution is 0.476. The minimum atomic E-state index is -0.125. The van der Waals surface area contributed by atoms with E-state index in [4.69, 9.17) is 16.6 Å². The highest BCUT2D eigenvalue weighted by Gasteiger charge is 2.20. The summed E-state index contributed by atoms with van der Waals surface area (Å²) in [6.07, 6.45) is 4.87. The Hall–Kier alpha value is -2.63. The van der Waals surface area contributed by atoms with E-state index in [-0.39, 0.29) is 11.3 Å². The molecule has 0 spiro atoms. The molecule has 2 N–H and O–H groups in total. The van der Waals surface area contributed by atoms with Crippen LogP contribution in [0.3, 0.4) is 0 Å². The van der Waals surface area contributed by atoms with E-state index in [2.05, 4.69) is 4.98 Å². The molecule has 0 amide bonds. The van der Waals surface area contributed by atoms with Crippen LogP contribution in [0.25, 0.3) is 21.6 Å². The van der Waals surface area contributed by atoms with Gasteiger partial charge in [-0.15, -0.1) is 11.3 Å². The molecule has 29 heavy (non-hydrogen) atoms. The normalized spacial score (nSPS) is 13.6. The lowest BCUT2D eigenvalue weighted by Crippen LogP contribution is -2.11. The van der Waals surface area contributed by atoms with Crippen LogP contribution >= 0.6 is 22.9 Å². The summed E-state index contributed by atoms with van der Waals surface area (Å²) in [5, 5.41) is 11.9. The lowest BCUT2D eigenvalue weighted by Gasteiger charge is -2.10.